The summed E-state index contributed by atoms with van der Waals surface area (Å²) in [5, 5.41) is 9.59. The normalized spacial score (nSPS) is 45.4. The Bertz CT molecular complexity index is 717. The highest BCUT2D eigenvalue weighted by atomic mass is 16.5. The van der Waals surface area contributed by atoms with Gasteiger partial charge in [-0.2, -0.15) is 0 Å². The molecule has 4 saturated carbocycles. The van der Waals surface area contributed by atoms with Crippen molar-refractivity contribution in [2.75, 3.05) is 6.61 Å². The van der Waals surface area contributed by atoms with E-state index in [1.54, 1.807) is 0 Å². The number of hydrogen-bond acceptors (Lipinski definition) is 2. The summed E-state index contributed by atoms with van der Waals surface area (Å²) in [7, 11) is 0. The van der Waals surface area contributed by atoms with E-state index < -0.39 is 0 Å². The SMILES string of the molecule is C[C@]12CCC3[C@@H](CC[C@@H]4CC(OCc5ccccc5)CC[C@]34C)C1CCC2CCO. The third kappa shape index (κ3) is 3.47. The molecule has 0 amide bonds. The molecule has 2 heteroatoms. The van der Waals surface area contributed by atoms with Crippen LogP contribution in [0.15, 0.2) is 30.3 Å². The van der Waals surface area contributed by atoms with Crippen LogP contribution in [0.25, 0.3) is 0 Å². The Balaban J connectivity index is 1.25. The second-order valence-electron chi connectivity index (χ2n) is 11.7. The van der Waals surface area contributed by atoms with Gasteiger partial charge in [0.1, 0.15) is 0 Å². The van der Waals surface area contributed by atoms with Gasteiger partial charge in [0.25, 0.3) is 0 Å². The third-order valence-electron chi connectivity index (χ3n) is 10.6. The standard InChI is InChI=1S/C28H42O2/c1-27-16-13-26-24(25(27)11-9-21(27)14-17-29)10-8-22-18-23(12-15-28(22,26)2)30-19-20-6-4-3-5-7-20/h3-7,21-26,29H,8-19H2,1-2H3/t21?,22-,23?,24+,25?,26?,27-,28+/m1/s1. The predicted octanol–water partition coefficient (Wildman–Crippen LogP) is 6.61. The van der Waals surface area contributed by atoms with Crippen molar-refractivity contribution in [2.45, 2.75) is 90.8 Å². The Morgan fingerprint density at radius 2 is 1.67 bits per heavy atom. The molecule has 166 valence electrons. The molecule has 30 heavy (non-hydrogen) atoms. The van der Waals surface area contributed by atoms with Gasteiger partial charge in [0.15, 0.2) is 0 Å². The van der Waals surface area contributed by atoms with Gasteiger partial charge in [-0.05, 0) is 110 Å². The molecule has 0 heterocycles. The number of aliphatic hydroxyl groups excluding tert-OH is 1. The highest BCUT2D eigenvalue weighted by molar-refractivity contribution is 5.14. The number of fused-ring (bicyclic) bond motifs is 5. The van der Waals surface area contributed by atoms with Crippen LogP contribution in [-0.4, -0.2) is 17.8 Å². The van der Waals surface area contributed by atoms with Crippen LogP contribution in [0.5, 0.6) is 0 Å². The van der Waals surface area contributed by atoms with Gasteiger partial charge in [-0.25, -0.2) is 0 Å². The minimum absolute atomic E-state index is 0.380. The van der Waals surface area contributed by atoms with Gasteiger partial charge in [0.05, 0.1) is 12.7 Å². The first-order valence-electron chi connectivity index (χ1n) is 12.8. The van der Waals surface area contributed by atoms with Gasteiger partial charge in [-0.1, -0.05) is 44.2 Å². The predicted molar refractivity (Wildman–Crippen MR) is 122 cm³/mol. The number of ether oxygens (including phenoxy) is 1. The van der Waals surface area contributed by atoms with E-state index >= 15 is 0 Å². The van der Waals surface area contributed by atoms with Crippen molar-refractivity contribution in [1.82, 2.24) is 0 Å². The van der Waals surface area contributed by atoms with Crippen molar-refractivity contribution in [2.24, 2.45) is 40.4 Å². The molecule has 1 N–H and O–H groups in total. The Kier molecular flexibility index (Phi) is 5.77. The molecule has 0 aromatic heterocycles. The van der Waals surface area contributed by atoms with Crippen LogP contribution in [0.4, 0.5) is 0 Å². The summed E-state index contributed by atoms with van der Waals surface area (Å²) in [5.74, 6) is 4.40. The smallest absolute Gasteiger partial charge is 0.0720 e. The van der Waals surface area contributed by atoms with Crippen molar-refractivity contribution in [3.63, 3.8) is 0 Å². The first-order chi connectivity index (χ1) is 14.5. The fraction of sp³-hybridized carbons (Fsp3) is 0.786. The Hall–Kier alpha value is -0.860. The molecule has 0 radical (unpaired) electrons. The van der Waals surface area contributed by atoms with E-state index in [2.05, 4.69) is 44.2 Å². The minimum atomic E-state index is 0.380. The second kappa shape index (κ2) is 8.24. The average molecular weight is 411 g/mol. The minimum Gasteiger partial charge on any atom is -0.396 e. The average Bonchev–Trinajstić information content (AvgIpc) is 3.09. The van der Waals surface area contributed by atoms with Gasteiger partial charge in [0, 0.05) is 6.61 Å². The lowest BCUT2D eigenvalue weighted by Gasteiger charge is -2.61. The van der Waals surface area contributed by atoms with Crippen LogP contribution in [0, 0.1) is 40.4 Å². The molecule has 4 fully saturated rings. The number of aliphatic hydroxyl groups is 1. The first kappa shape index (κ1) is 21.0. The van der Waals surface area contributed by atoms with E-state index in [0.717, 1.165) is 42.6 Å². The number of benzene rings is 1. The van der Waals surface area contributed by atoms with Gasteiger partial charge in [0.2, 0.25) is 0 Å². The maximum atomic E-state index is 9.59. The topological polar surface area (TPSA) is 29.5 Å². The van der Waals surface area contributed by atoms with E-state index in [1.807, 2.05) is 0 Å². The fourth-order valence-corrected chi connectivity index (χ4v) is 8.90. The highest BCUT2D eigenvalue weighted by Crippen LogP contribution is 2.67. The second-order valence-corrected chi connectivity index (χ2v) is 11.7. The molecule has 8 atom stereocenters. The molecule has 1 aromatic rings. The van der Waals surface area contributed by atoms with E-state index in [0.29, 0.717) is 23.5 Å². The number of hydrogen-bond donors (Lipinski definition) is 1. The molecule has 4 aliphatic carbocycles. The maximum Gasteiger partial charge on any atom is 0.0720 e. The van der Waals surface area contributed by atoms with Crippen LogP contribution >= 0.6 is 0 Å². The van der Waals surface area contributed by atoms with E-state index in [1.165, 1.54) is 63.4 Å². The van der Waals surface area contributed by atoms with Crippen molar-refractivity contribution in [3.05, 3.63) is 35.9 Å². The van der Waals surface area contributed by atoms with Gasteiger partial charge in [-0.15, -0.1) is 0 Å². The van der Waals surface area contributed by atoms with Crippen molar-refractivity contribution >= 4 is 0 Å². The van der Waals surface area contributed by atoms with E-state index in [4.69, 9.17) is 4.74 Å². The Morgan fingerprint density at radius 1 is 0.900 bits per heavy atom. The molecule has 4 aliphatic rings. The summed E-state index contributed by atoms with van der Waals surface area (Å²) in [6, 6.07) is 10.7. The quantitative estimate of drug-likeness (QED) is 0.591. The Labute approximate surface area is 183 Å². The molecule has 1 aromatic carbocycles. The molecular formula is C28H42O2. The largest absolute Gasteiger partial charge is 0.396 e. The molecule has 0 aliphatic heterocycles. The molecule has 0 saturated heterocycles. The Morgan fingerprint density at radius 3 is 2.47 bits per heavy atom. The summed E-state index contributed by atoms with van der Waals surface area (Å²) in [6.45, 7) is 6.40. The highest BCUT2D eigenvalue weighted by Gasteiger charge is 2.59. The molecular weight excluding hydrogens is 368 g/mol. The fourth-order valence-electron chi connectivity index (χ4n) is 8.90. The summed E-state index contributed by atoms with van der Waals surface area (Å²) in [5.41, 5.74) is 2.34. The lowest BCUT2D eigenvalue weighted by Crippen LogP contribution is -2.54. The zero-order valence-electron chi connectivity index (χ0n) is 19.2. The first-order valence-corrected chi connectivity index (χ1v) is 12.8. The lowest BCUT2D eigenvalue weighted by atomic mass is 9.44. The van der Waals surface area contributed by atoms with Crippen LogP contribution < -0.4 is 0 Å². The molecule has 0 bridgehead atoms. The molecule has 5 rings (SSSR count). The van der Waals surface area contributed by atoms with E-state index in [-0.39, 0.29) is 0 Å². The maximum absolute atomic E-state index is 9.59. The molecule has 0 spiro atoms. The molecule has 4 unspecified atom stereocenters. The molecule has 2 nitrogen and oxygen atoms in total. The van der Waals surface area contributed by atoms with Crippen molar-refractivity contribution in [1.29, 1.82) is 0 Å². The summed E-state index contributed by atoms with van der Waals surface area (Å²) in [6.07, 6.45) is 13.9. The summed E-state index contributed by atoms with van der Waals surface area (Å²) < 4.78 is 6.40. The van der Waals surface area contributed by atoms with E-state index in [9.17, 15) is 5.11 Å². The van der Waals surface area contributed by atoms with Gasteiger partial charge < -0.3 is 9.84 Å². The van der Waals surface area contributed by atoms with Crippen molar-refractivity contribution in [3.8, 4) is 0 Å². The number of rotatable bonds is 5. The monoisotopic (exact) mass is 410 g/mol. The zero-order chi connectivity index (χ0) is 20.8. The lowest BCUT2D eigenvalue weighted by molar-refractivity contribution is -0.136. The van der Waals surface area contributed by atoms with Gasteiger partial charge >= 0.3 is 0 Å². The third-order valence-corrected chi connectivity index (χ3v) is 10.6. The van der Waals surface area contributed by atoms with Crippen LogP contribution in [0.2, 0.25) is 0 Å². The van der Waals surface area contributed by atoms with Crippen LogP contribution in [0.1, 0.15) is 83.6 Å². The zero-order valence-corrected chi connectivity index (χ0v) is 19.2. The van der Waals surface area contributed by atoms with Gasteiger partial charge in [-0.3, -0.25) is 0 Å². The van der Waals surface area contributed by atoms with Crippen LogP contribution in [0.3, 0.4) is 0 Å². The summed E-state index contributed by atoms with van der Waals surface area (Å²) in [4.78, 5) is 0. The van der Waals surface area contributed by atoms with Crippen LogP contribution in [-0.2, 0) is 11.3 Å². The van der Waals surface area contributed by atoms with Crippen molar-refractivity contribution < 1.29 is 9.84 Å². The summed E-state index contributed by atoms with van der Waals surface area (Å²) >= 11 is 0.